The van der Waals surface area contributed by atoms with E-state index < -0.39 is 0 Å². The Morgan fingerprint density at radius 3 is 2.68 bits per heavy atom. The molecule has 22 heavy (non-hydrogen) atoms. The monoisotopic (exact) mass is 332 g/mol. The zero-order chi connectivity index (χ0) is 15.7. The largest absolute Gasteiger partial charge is 0.361 e. The molecule has 4 nitrogen and oxygen atoms in total. The Bertz CT molecular complexity index is 819. The molecule has 0 spiro atoms. The molecule has 0 radical (unpaired) electrons. The lowest BCUT2D eigenvalue weighted by atomic mass is 10.2. The number of carbonyl (C=O) groups is 1. The molecule has 3 aromatic rings. The number of hydrogen-bond donors (Lipinski definition) is 1. The third-order valence-corrected chi connectivity index (χ3v) is 4.66. The van der Waals surface area contributed by atoms with Crippen molar-refractivity contribution in [3.05, 3.63) is 57.8 Å². The van der Waals surface area contributed by atoms with Crippen LogP contribution in [0.3, 0.4) is 0 Å². The lowest BCUT2D eigenvalue weighted by Gasteiger charge is -2.05. The van der Waals surface area contributed by atoms with Crippen molar-refractivity contribution < 1.29 is 9.32 Å². The molecule has 1 aromatic carbocycles. The number of hydrogen-bond acceptors (Lipinski definition) is 4. The minimum atomic E-state index is -0.184. The Morgan fingerprint density at radius 1 is 1.23 bits per heavy atom. The van der Waals surface area contributed by atoms with E-state index in [1.807, 2.05) is 32.0 Å². The van der Waals surface area contributed by atoms with E-state index in [-0.39, 0.29) is 5.91 Å². The lowest BCUT2D eigenvalue weighted by molar-refractivity contribution is 0.103. The summed E-state index contributed by atoms with van der Waals surface area (Å²) in [6.45, 7) is 3.74. The summed E-state index contributed by atoms with van der Waals surface area (Å²) in [5.41, 5.74) is 2.36. The minimum absolute atomic E-state index is 0.184. The molecule has 2 aromatic heterocycles. The first kappa shape index (κ1) is 14.8. The molecule has 0 fully saturated rings. The molecule has 0 bridgehead atoms. The van der Waals surface area contributed by atoms with Crippen LogP contribution in [0, 0.1) is 13.8 Å². The molecule has 3 rings (SSSR count). The van der Waals surface area contributed by atoms with Gasteiger partial charge in [-0.15, -0.1) is 11.3 Å². The first-order chi connectivity index (χ1) is 10.6. The van der Waals surface area contributed by atoms with Crippen molar-refractivity contribution in [1.82, 2.24) is 5.16 Å². The molecule has 0 aliphatic heterocycles. The number of amides is 1. The van der Waals surface area contributed by atoms with E-state index in [1.165, 1.54) is 11.3 Å². The van der Waals surface area contributed by atoms with Crippen LogP contribution in [0.15, 0.2) is 40.9 Å². The van der Waals surface area contributed by atoms with Crippen molar-refractivity contribution >= 4 is 34.5 Å². The number of nitrogens with one attached hydrogen (secondary N) is 1. The summed E-state index contributed by atoms with van der Waals surface area (Å²) in [6, 6.07) is 10.8. The molecule has 6 heteroatoms. The van der Waals surface area contributed by atoms with E-state index in [2.05, 4.69) is 10.5 Å². The maximum Gasteiger partial charge on any atom is 0.265 e. The smallest absolute Gasteiger partial charge is 0.265 e. The van der Waals surface area contributed by atoms with Crippen molar-refractivity contribution in [3.8, 4) is 10.4 Å². The van der Waals surface area contributed by atoms with Crippen LogP contribution >= 0.6 is 22.9 Å². The predicted molar refractivity (Wildman–Crippen MR) is 88.7 cm³/mol. The highest BCUT2D eigenvalue weighted by Gasteiger charge is 2.16. The van der Waals surface area contributed by atoms with Crippen LogP contribution in [-0.4, -0.2) is 11.1 Å². The third kappa shape index (κ3) is 2.77. The van der Waals surface area contributed by atoms with Gasteiger partial charge in [0, 0.05) is 4.88 Å². The second kappa shape index (κ2) is 5.94. The Balaban J connectivity index is 1.85. The number of para-hydroxylation sites is 1. The van der Waals surface area contributed by atoms with Gasteiger partial charge in [-0.1, -0.05) is 28.9 Å². The van der Waals surface area contributed by atoms with Gasteiger partial charge >= 0.3 is 0 Å². The maximum absolute atomic E-state index is 12.3. The maximum atomic E-state index is 12.3. The van der Waals surface area contributed by atoms with Gasteiger partial charge in [0.05, 0.1) is 26.8 Å². The summed E-state index contributed by atoms with van der Waals surface area (Å²) in [6.07, 6.45) is 0. The Morgan fingerprint density at radius 2 is 2.00 bits per heavy atom. The van der Waals surface area contributed by atoms with E-state index in [0.29, 0.717) is 15.6 Å². The minimum Gasteiger partial charge on any atom is -0.361 e. The number of carbonyl (C=O) groups excluding carboxylic acids is 1. The summed E-state index contributed by atoms with van der Waals surface area (Å²) in [5.74, 6) is 0.563. The zero-order valence-corrected chi connectivity index (χ0v) is 13.6. The fourth-order valence-corrected chi connectivity index (χ4v) is 3.40. The van der Waals surface area contributed by atoms with Crippen molar-refractivity contribution in [2.24, 2.45) is 0 Å². The number of nitrogens with zero attached hydrogens (tertiary/aromatic N) is 1. The zero-order valence-electron chi connectivity index (χ0n) is 12.0. The highest BCUT2D eigenvalue weighted by atomic mass is 35.5. The van der Waals surface area contributed by atoms with Crippen LogP contribution in [0.4, 0.5) is 5.69 Å². The molecule has 0 aliphatic rings. The standard InChI is InChI=1S/C16H13ClN2O2S/c1-9-15(10(2)21-19-9)13-7-8-14(22-13)16(20)18-12-6-4-3-5-11(12)17/h3-8H,1-2H3,(H,18,20). The van der Waals surface area contributed by atoms with Gasteiger partial charge in [-0.3, -0.25) is 4.79 Å². The Kier molecular flexibility index (Phi) is 4.00. The molecular formula is C16H13ClN2O2S. The van der Waals surface area contributed by atoms with E-state index >= 15 is 0 Å². The molecule has 1 amide bonds. The highest BCUT2D eigenvalue weighted by Crippen LogP contribution is 2.33. The Labute approximate surface area is 136 Å². The van der Waals surface area contributed by atoms with E-state index in [9.17, 15) is 4.79 Å². The van der Waals surface area contributed by atoms with Crippen LogP contribution in [0.25, 0.3) is 10.4 Å². The van der Waals surface area contributed by atoms with Gasteiger partial charge in [0.1, 0.15) is 5.76 Å². The van der Waals surface area contributed by atoms with Crippen LogP contribution in [0.5, 0.6) is 0 Å². The van der Waals surface area contributed by atoms with Crippen LogP contribution in [-0.2, 0) is 0 Å². The fourth-order valence-electron chi connectivity index (χ4n) is 2.18. The number of benzene rings is 1. The molecule has 0 saturated heterocycles. The van der Waals surface area contributed by atoms with Gasteiger partial charge in [0.2, 0.25) is 0 Å². The molecule has 0 saturated carbocycles. The van der Waals surface area contributed by atoms with Crippen LogP contribution < -0.4 is 5.32 Å². The fraction of sp³-hybridized carbons (Fsp3) is 0.125. The molecular weight excluding hydrogens is 320 g/mol. The summed E-state index contributed by atoms with van der Waals surface area (Å²) in [7, 11) is 0. The van der Waals surface area contributed by atoms with Gasteiger partial charge in [0.15, 0.2) is 0 Å². The molecule has 0 aliphatic carbocycles. The second-order valence-corrected chi connectivity index (χ2v) is 6.29. The van der Waals surface area contributed by atoms with Crippen molar-refractivity contribution in [1.29, 1.82) is 0 Å². The summed E-state index contributed by atoms with van der Waals surface area (Å²) < 4.78 is 5.17. The predicted octanol–water partition coefficient (Wildman–Crippen LogP) is 4.93. The SMILES string of the molecule is Cc1noc(C)c1-c1ccc(C(=O)Nc2ccccc2Cl)s1. The topological polar surface area (TPSA) is 55.1 Å². The number of halogens is 1. The average Bonchev–Trinajstić information content (AvgIpc) is 3.08. The van der Waals surface area contributed by atoms with Gasteiger partial charge in [0.25, 0.3) is 5.91 Å². The number of rotatable bonds is 3. The van der Waals surface area contributed by atoms with Gasteiger partial charge in [-0.25, -0.2) is 0 Å². The summed E-state index contributed by atoms with van der Waals surface area (Å²) >= 11 is 7.45. The van der Waals surface area contributed by atoms with E-state index in [4.69, 9.17) is 16.1 Å². The molecule has 0 atom stereocenters. The average molecular weight is 333 g/mol. The van der Waals surface area contributed by atoms with Crippen molar-refractivity contribution in [3.63, 3.8) is 0 Å². The normalized spacial score (nSPS) is 10.7. The number of aryl methyl sites for hydroxylation is 2. The lowest BCUT2D eigenvalue weighted by Crippen LogP contribution is -2.10. The van der Waals surface area contributed by atoms with Crippen LogP contribution in [0.1, 0.15) is 21.1 Å². The van der Waals surface area contributed by atoms with Gasteiger partial charge in [-0.2, -0.15) is 0 Å². The van der Waals surface area contributed by atoms with Gasteiger partial charge in [-0.05, 0) is 38.1 Å². The summed E-state index contributed by atoms with van der Waals surface area (Å²) in [4.78, 5) is 13.9. The van der Waals surface area contributed by atoms with Gasteiger partial charge < -0.3 is 9.84 Å². The van der Waals surface area contributed by atoms with E-state index in [0.717, 1.165) is 21.9 Å². The third-order valence-electron chi connectivity index (χ3n) is 3.23. The summed E-state index contributed by atoms with van der Waals surface area (Å²) in [5, 5.41) is 7.27. The van der Waals surface area contributed by atoms with Crippen LogP contribution in [0.2, 0.25) is 5.02 Å². The molecule has 0 unspecified atom stereocenters. The first-order valence-corrected chi connectivity index (χ1v) is 7.84. The van der Waals surface area contributed by atoms with E-state index in [1.54, 1.807) is 18.2 Å². The highest BCUT2D eigenvalue weighted by molar-refractivity contribution is 7.17. The number of anilines is 1. The Hall–Kier alpha value is -2.11. The number of thiophene rings is 1. The molecule has 112 valence electrons. The quantitative estimate of drug-likeness (QED) is 0.740. The second-order valence-electron chi connectivity index (χ2n) is 4.80. The first-order valence-electron chi connectivity index (χ1n) is 6.65. The molecule has 1 N–H and O–H groups in total. The number of aromatic nitrogens is 1. The molecule has 2 heterocycles. The van der Waals surface area contributed by atoms with Crippen molar-refractivity contribution in [2.75, 3.05) is 5.32 Å². The van der Waals surface area contributed by atoms with Crippen molar-refractivity contribution in [2.45, 2.75) is 13.8 Å².